The van der Waals surface area contributed by atoms with Crippen molar-refractivity contribution < 1.29 is 4.79 Å². The molecule has 0 saturated heterocycles. The summed E-state index contributed by atoms with van der Waals surface area (Å²) in [7, 11) is 0. The molecular formula is C13H16Cl2N2O. The zero-order valence-electron chi connectivity index (χ0n) is 10.0. The number of benzene rings is 1. The van der Waals surface area contributed by atoms with Gasteiger partial charge in [-0.3, -0.25) is 4.79 Å². The lowest BCUT2D eigenvalue weighted by Gasteiger charge is -2.25. The summed E-state index contributed by atoms with van der Waals surface area (Å²) >= 11 is 11.8. The molecule has 5 heteroatoms. The van der Waals surface area contributed by atoms with Gasteiger partial charge in [0.2, 0.25) is 5.91 Å². The van der Waals surface area contributed by atoms with Crippen LogP contribution in [-0.2, 0) is 4.79 Å². The molecule has 1 aliphatic carbocycles. The minimum atomic E-state index is -0.411. The predicted octanol–water partition coefficient (Wildman–Crippen LogP) is 3.45. The molecule has 1 amide bonds. The van der Waals surface area contributed by atoms with Crippen LogP contribution in [0.2, 0.25) is 10.0 Å². The number of carbonyl (C=O) groups excluding carboxylic acids is 1. The average molecular weight is 287 g/mol. The van der Waals surface area contributed by atoms with Gasteiger partial charge in [0.25, 0.3) is 0 Å². The molecule has 2 rings (SSSR count). The van der Waals surface area contributed by atoms with Crippen molar-refractivity contribution in [1.82, 2.24) is 0 Å². The Labute approximate surface area is 117 Å². The fraction of sp³-hybridized carbons (Fsp3) is 0.462. The zero-order valence-corrected chi connectivity index (χ0v) is 11.5. The van der Waals surface area contributed by atoms with Gasteiger partial charge in [-0.15, -0.1) is 0 Å². The van der Waals surface area contributed by atoms with Gasteiger partial charge in [-0.25, -0.2) is 0 Å². The Morgan fingerprint density at radius 3 is 2.50 bits per heavy atom. The number of anilines is 1. The molecule has 98 valence electrons. The van der Waals surface area contributed by atoms with Crippen molar-refractivity contribution in [2.24, 2.45) is 11.1 Å². The Balaban J connectivity index is 2.13. The summed E-state index contributed by atoms with van der Waals surface area (Å²) in [6.07, 6.45) is 3.84. The molecule has 1 fully saturated rings. The van der Waals surface area contributed by atoms with E-state index in [-0.39, 0.29) is 5.91 Å². The molecule has 0 spiro atoms. The number of hydrogen-bond acceptors (Lipinski definition) is 2. The molecule has 0 unspecified atom stereocenters. The smallest absolute Gasteiger partial charge is 0.231 e. The van der Waals surface area contributed by atoms with Crippen LogP contribution in [0.15, 0.2) is 18.2 Å². The highest BCUT2D eigenvalue weighted by Gasteiger charge is 2.39. The topological polar surface area (TPSA) is 55.1 Å². The summed E-state index contributed by atoms with van der Waals surface area (Å²) in [6, 6.07) is 5.06. The number of hydrogen-bond donors (Lipinski definition) is 2. The maximum atomic E-state index is 12.3. The maximum Gasteiger partial charge on any atom is 0.231 e. The van der Waals surface area contributed by atoms with Crippen LogP contribution in [0.1, 0.15) is 25.7 Å². The van der Waals surface area contributed by atoms with E-state index in [0.717, 1.165) is 25.7 Å². The summed E-state index contributed by atoms with van der Waals surface area (Å²) in [6.45, 7) is 0.389. The van der Waals surface area contributed by atoms with Gasteiger partial charge in [-0.2, -0.15) is 0 Å². The summed E-state index contributed by atoms with van der Waals surface area (Å²) in [5.74, 6) is -0.0131. The molecule has 1 aliphatic rings. The lowest BCUT2D eigenvalue weighted by molar-refractivity contribution is -0.124. The van der Waals surface area contributed by atoms with Crippen LogP contribution in [-0.4, -0.2) is 12.5 Å². The van der Waals surface area contributed by atoms with E-state index in [2.05, 4.69) is 5.32 Å². The summed E-state index contributed by atoms with van der Waals surface area (Å²) < 4.78 is 0. The molecule has 3 nitrogen and oxygen atoms in total. The third-order valence-corrected chi connectivity index (χ3v) is 4.35. The Morgan fingerprint density at radius 2 is 1.94 bits per heavy atom. The molecular weight excluding hydrogens is 271 g/mol. The monoisotopic (exact) mass is 286 g/mol. The third kappa shape index (κ3) is 2.63. The van der Waals surface area contributed by atoms with Crippen LogP contribution in [0.4, 0.5) is 5.69 Å². The molecule has 0 aromatic heterocycles. The second-order valence-electron chi connectivity index (χ2n) is 4.77. The van der Waals surface area contributed by atoms with E-state index >= 15 is 0 Å². The molecule has 3 N–H and O–H groups in total. The van der Waals surface area contributed by atoms with E-state index in [1.807, 2.05) is 0 Å². The summed E-state index contributed by atoms with van der Waals surface area (Å²) in [5.41, 5.74) is 6.02. The molecule has 0 atom stereocenters. The number of nitrogens with one attached hydrogen (secondary N) is 1. The highest BCUT2D eigenvalue weighted by molar-refractivity contribution is 6.42. The first-order chi connectivity index (χ1) is 8.57. The highest BCUT2D eigenvalue weighted by atomic mass is 35.5. The fourth-order valence-electron chi connectivity index (χ4n) is 2.41. The standard InChI is InChI=1S/C13H16Cl2N2O/c14-10-4-3-9(7-11(10)15)17-12(18)13(8-16)5-1-2-6-13/h3-4,7H,1-2,5-6,8,16H2,(H,17,18). The maximum absolute atomic E-state index is 12.3. The fourth-order valence-corrected chi connectivity index (χ4v) is 2.71. The second-order valence-corrected chi connectivity index (χ2v) is 5.59. The summed E-state index contributed by atoms with van der Waals surface area (Å²) in [5, 5.41) is 3.79. The minimum Gasteiger partial charge on any atom is -0.329 e. The minimum absolute atomic E-state index is 0.0131. The quantitative estimate of drug-likeness (QED) is 0.894. The lowest BCUT2D eigenvalue weighted by Crippen LogP contribution is -2.40. The van der Waals surface area contributed by atoms with Crippen molar-refractivity contribution in [3.63, 3.8) is 0 Å². The van der Waals surface area contributed by atoms with Crippen LogP contribution in [0.5, 0.6) is 0 Å². The molecule has 1 aromatic carbocycles. The second kappa shape index (κ2) is 5.47. The SMILES string of the molecule is NCC1(C(=O)Nc2ccc(Cl)c(Cl)c2)CCCC1. The Hall–Kier alpha value is -0.770. The normalized spacial score (nSPS) is 17.7. The number of amides is 1. The van der Waals surface area contributed by atoms with Crippen LogP contribution in [0, 0.1) is 5.41 Å². The molecule has 0 aliphatic heterocycles. The lowest BCUT2D eigenvalue weighted by atomic mass is 9.85. The first-order valence-electron chi connectivity index (χ1n) is 6.04. The van der Waals surface area contributed by atoms with Gasteiger partial charge >= 0.3 is 0 Å². The Kier molecular flexibility index (Phi) is 4.15. The number of halogens is 2. The highest BCUT2D eigenvalue weighted by Crippen LogP contribution is 2.38. The summed E-state index contributed by atoms with van der Waals surface area (Å²) in [4.78, 5) is 12.3. The first-order valence-corrected chi connectivity index (χ1v) is 6.79. The van der Waals surface area contributed by atoms with Crippen LogP contribution in [0.25, 0.3) is 0 Å². The van der Waals surface area contributed by atoms with Crippen molar-refractivity contribution in [3.05, 3.63) is 28.2 Å². The molecule has 0 heterocycles. The van der Waals surface area contributed by atoms with Gasteiger partial charge in [0.15, 0.2) is 0 Å². The van der Waals surface area contributed by atoms with Crippen molar-refractivity contribution in [3.8, 4) is 0 Å². The van der Waals surface area contributed by atoms with Crippen LogP contribution in [0.3, 0.4) is 0 Å². The average Bonchev–Trinajstić information content (AvgIpc) is 2.84. The van der Waals surface area contributed by atoms with Gasteiger partial charge in [0, 0.05) is 12.2 Å². The van der Waals surface area contributed by atoms with Gasteiger partial charge in [0.1, 0.15) is 0 Å². The van der Waals surface area contributed by atoms with E-state index in [1.165, 1.54) is 0 Å². The van der Waals surface area contributed by atoms with E-state index in [9.17, 15) is 4.79 Å². The van der Waals surface area contributed by atoms with Gasteiger partial charge in [-0.05, 0) is 31.0 Å². The van der Waals surface area contributed by atoms with Gasteiger partial charge in [-0.1, -0.05) is 36.0 Å². The third-order valence-electron chi connectivity index (χ3n) is 3.61. The van der Waals surface area contributed by atoms with Crippen molar-refractivity contribution in [1.29, 1.82) is 0 Å². The van der Waals surface area contributed by atoms with E-state index < -0.39 is 5.41 Å². The molecule has 18 heavy (non-hydrogen) atoms. The number of carbonyl (C=O) groups is 1. The van der Waals surface area contributed by atoms with Crippen molar-refractivity contribution >= 4 is 34.8 Å². The van der Waals surface area contributed by atoms with E-state index in [0.29, 0.717) is 22.3 Å². The van der Waals surface area contributed by atoms with Crippen molar-refractivity contribution in [2.75, 3.05) is 11.9 Å². The van der Waals surface area contributed by atoms with Crippen LogP contribution >= 0.6 is 23.2 Å². The zero-order chi connectivity index (χ0) is 13.2. The van der Waals surface area contributed by atoms with Gasteiger partial charge < -0.3 is 11.1 Å². The molecule has 1 saturated carbocycles. The van der Waals surface area contributed by atoms with Crippen LogP contribution < -0.4 is 11.1 Å². The Morgan fingerprint density at radius 1 is 1.28 bits per heavy atom. The number of nitrogens with two attached hydrogens (primary N) is 1. The Bertz CT molecular complexity index is 456. The molecule has 0 bridgehead atoms. The predicted molar refractivity (Wildman–Crippen MR) is 75.0 cm³/mol. The van der Waals surface area contributed by atoms with E-state index in [1.54, 1.807) is 18.2 Å². The van der Waals surface area contributed by atoms with Gasteiger partial charge in [0.05, 0.1) is 15.5 Å². The largest absolute Gasteiger partial charge is 0.329 e. The molecule has 1 aromatic rings. The van der Waals surface area contributed by atoms with Crippen molar-refractivity contribution in [2.45, 2.75) is 25.7 Å². The van der Waals surface area contributed by atoms with E-state index in [4.69, 9.17) is 28.9 Å². The number of rotatable bonds is 3. The molecule has 0 radical (unpaired) electrons. The first kappa shape index (κ1) is 13.7.